The normalized spacial score (nSPS) is 15.5. The molecule has 21 heavy (non-hydrogen) atoms. The zero-order valence-electron chi connectivity index (χ0n) is 11.4. The largest absolute Gasteiger partial charge is 0.481 e. The van der Waals surface area contributed by atoms with E-state index < -0.39 is 10.9 Å². The number of carboxylic acids is 1. The lowest BCUT2D eigenvalue weighted by Gasteiger charge is -2.32. The van der Waals surface area contributed by atoms with E-state index >= 15 is 0 Å². The lowest BCUT2D eigenvalue weighted by Crippen LogP contribution is -2.34. The van der Waals surface area contributed by atoms with Gasteiger partial charge in [-0.1, -0.05) is 0 Å². The summed E-state index contributed by atoms with van der Waals surface area (Å²) in [7, 11) is 0. The van der Waals surface area contributed by atoms with E-state index in [0.29, 0.717) is 31.6 Å². The van der Waals surface area contributed by atoms with Crippen molar-refractivity contribution in [2.24, 2.45) is 5.92 Å². The first-order valence-electron chi connectivity index (χ1n) is 6.66. The van der Waals surface area contributed by atoms with Crippen molar-refractivity contribution < 1.29 is 14.8 Å². The van der Waals surface area contributed by atoms with Gasteiger partial charge in [-0.2, -0.15) is 5.26 Å². The summed E-state index contributed by atoms with van der Waals surface area (Å²) < 4.78 is 0. The monoisotopic (exact) mass is 289 g/mol. The van der Waals surface area contributed by atoms with Gasteiger partial charge in [0.1, 0.15) is 5.69 Å². The molecule has 1 N–H and O–H groups in total. The summed E-state index contributed by atoms with van der Waals surface area (Å²) in [5.74, 6) is -0.686. The van der Waals surface area contributed by atoms with E-state index in [1.54, 1.807) is 12.1 Å². The summed E-state index contributed by atoms with van der Waals surface area (Å²) in [5.41, 5.74) is 0.671. The fraction of sp³-hybridized carbons (Fsp3) is 0.429. The van der Waals surface area contributed by atoms with Crippen LogP contribution in [0.5, 0.6) is 0 Å². The first-order chi connectivity index (χ1) is 10.0. The highest BCUT2D eigenvalue weighted by Crippen LogP contribution is 2.32. The van der Waals surface area contributed by atoms with Crippen molar-refractivity contribution >= 4 is 17.3 Å². The number of nitrogens with zero attached hydrogens (tertiary/aromatic N) is 3. The van der Waals surface area contributed by atoms with Crippen molar-refractivity contribution in [1.29, 1.82) is 5.26 Å². The van der Waals surface area contributed by atoms with Crippen LogP contribution in [0.3, 0.4) is 0 Å². The number of piperidine rings is 1. The summed E-state index contributed by atoms with van der Waals surface area (Å²) in [5, 5.41) is 28.7. The number of rotatable bonds is 4. The molecule has 0 saturated carbocycles. The smallest absolute Gasteiger partial charge is 0.303 e. The van der Waals surface area contributed by atoms with E-state index in [-0.39, 0.29) is 23.6 Å². The Kier molecular flexibility index (Phi) is 4.38. The molecule has 0 spiro atoms. The van der Waals surface area contributed by atoms with Gasteiger partial charge in [-0.05, 0) is 30.9 Å². The molecule has 1 heterocycles. The highest BCUT2D eigenvalue weighted by molar-refractivity contribution is 5.67. The van der Waals surface area contributed by atoms with Crippen LogP contribution in [0.1, 0.15) is 24.8 Å². The molecule has 110 valence electrons. The molecule has 2 rings (SSSR count). The van der Waals surface area contributed by atoms with Crippen LogP contribution in [0.25, 0.3) is 0 Å². The number of carboxylic acid groups (broad SMARTS) is 1. The molecule has 1 saturated heterocycles. The van der Waals surface area contributed by atoms with Crippen molar-refractivity contribution in [3.63, 3.8) is 0 Å². The first-order valence-corrected chi connectivity index (χ1v) is 6.66. The number of carbonyl (C=O) groups is 1. The Morgan fingerprint density at radius 3 is 2.67 bits per heavy atom. The molecule has 0 radical (unpaired) electrons. The standard InChI is InChI=1S/C14H15N3O4/c15-9-11-1-2-12(13(7-11)17(20)21)16-5-3-10(4-6-16)8-14(18)19/h1-2,7,10H,3-6,8H2,(H,18,19). The number of nitro groups is 1. The topological polar surface area (TPSA) is 107 Å². The van der Waals surface area contributed by atoms with E-state index in [4.69, 9.17) is 10.4 Å². The summed E-state index contributed by atoms with van der Waals surface area (Å²) in [6, 6.07) is 6.32. The molecular weight excluding hydrogens is 274 g/mol. The van der Waals surface area contributed by atoms with E-state index in [0.717, 1.165) is 0 Å². The predicted molar refractivity (Wildman–Crippen MR) is 75.0 cm³/mol. The molecule has 1 aromatic carbocycles. The van der Waals surface area contributed by atoms with Gasteiger partial charge in [0.15, 0.2) is 0 Å². The maximum Gasteiger partial charge on any atom is 0.303 e. The van der Waals surface area contributed by atoms with Crippen LogP contribution in [0.4, 0.5) is 11.4 Å². The van der Waals surface area contributed by atoms with Gasteiger partial charge >= 0.3 is 5.97 Å². The van der Waals surface area contributed by atoms with Gasteiger partial charge < -0.3 is 10.0 Å². The highest BCUT2D eigenvalue weighted by Gasteiger charge is 2.26. The van der Waals surface area contributed by atoms with Crippen LogP contribution in [-0.2, 0) is 4.79 Å². The van der Waals surface area contributed by atoms with Gasteiger partial charge in [0.2, 0.25) is 0 Å². The number of hydrogen-bond donors (Lipinski definition) is 1. The third-order valence-electron chi connectivity index (χ3n) is 3.72. The molecule has 0 aromatic heterocycles. The third kappa shape index (κ3) is 3.48. The number of nitriles is 1. The van der Waals surface area contributed by atoms with Crippen LogP contribution >= 0.6 is 0 Å². The van der Waals surface area contributed by atoms with Gasteiger partial charge in [0.25, 0.3) is 5.69 Å². The minimum Gasteiger partial charge on any atom is -0.481 e. The van der Waals surface area contributed by atoms with Crippen molar-refractivity contribution in [2.75, 3.05) is 18.0 Å². The van der Waals surface area contributed by atoms with Crippen LogP contribution in [0.15, 0.2) is 18.2 Å². The van der Waals surface area contributed by atoms with Crippen LogP contribution in [-0.4, -0.2) is 29.1 Å². The molecule has 7 nitrogen and oxygen atoms in total. The van der Waals surface area contributed by atoms with Crippen LogP contribution in [0, 0.1) is 27.4 Å². The second-order valence-electron chi connectivity index (χ2n) is 5.10. The van der Waals surface area contributed by atoms with Gasteiger partial charge in [0, 0.05) is 25.6 Å². The fourth-order valence-corrected chi connectivity index (χ4v) is 2.63. The molecular formula is C14H15N3O4. The Morgan fingerprint density at radius 1 is 1.48 bits per heavy atom. The summed E-state index contributed by atoms with van der Waals surface area (Å²) in [4.78, 5) is 23.2. The lowest BCUT2D eigenvalue weighted by molar-refractivity contribution is -0.384. The van der Waals surface area contributed by atoms with Crippen molar-refractivity contribution in [3.05, 3.63) is 33.9 Å². The molecule has 1 aliphatic heterocycles. The molecule has 7 heteroatoms. The Balaban J connectivity index is 2.15. The number of nitro benzene ring substituents is 1. The molecule has 0 amide bonds. The molecule has 1 aliphatic rings. The molecule has 0 bridgehead atoms. The predicted octanol–water partition coefficient (Wildman–Crippen LogP) is 2.16. The Hall–Kier alpha value is -2.62. The maximum atomic E-state index is 11.1. The van der Waals surface area contributed by atoms with E-state index in [1.165, 1.54) is 6.07 Å². The molecule has 0 atom stereocenters. The molecule has 0 aliphatic carbocycles. The van der Waals surface area contributed by atoms with Crippen molar-refractivity contribution in [3.8, 4) is 6.07 Å². The van der Waals surface area contributed by atoms with Gasteiger partial charge in [-0.15, -0.1) is 0 Å². The number of aliphatic carboxylic acids is 1. The van der Waals surface area contributed by atoms with Gasteiger partial charge in [0.05, 0.1) is 16.6 Å². The van der Waals surface area contributed by atoms with E-state index in [2.05, 4.69) is 0 Å². The van der Waals surface area contributed by atoms with Gasteiger partial charge in [-0.3, -0.25) is 14.9 Å². The SMILES string of the molecule is N#Cc1ccc(N2CCC(CC(=O)O)CC2)c([N+](=O)[O-])c1. The zero-order chi connectivity index (χ0) is 15.4. The lowest BCUT2D eigenvalue weighted by atomic mass is 9.93. The van der Waals surface area contributed by atoms with Crippen LogP contribution < -0.4 is 4.90 Å². The number of hydrogen-bond acceptors (Lipinski definition) is 5. The average molecular weight is 289 g/mol. The quantitative estimate of drug-likeness (QED) is 0.672. The third-order valence-corrected chi connectivity index (χ3v) is 3.72. The van der Waals surface area contributed by atoms with Crippen LogP contribution in [0.2, 0.25) is 0 Å². The maximum absolute atomic E-state index is 11.1. The zero-order valence-corrected chi connectivity index (χ0v) is 11.4. The Labute approximate surface area is 121 Å². The van der Waals surface area contributed by atoms with Crippen molar-refractivity contribution in [1.82, 2.24) is 0 Å². The molecule has 0 unspecified atom stereocenters. The Morgan fingerprint density at radius 2 is 2.14 bits per heavy atom. The summed E-state index contributed by atoms with van der Waals surface area (Å²) >= 11 is 0. The Bertz CT molecular complexity index is 601. The summed E-state index contributed by atoms with van der Waals surface area (Å²) in [6.07, 6.45) is 1.54. The number of anilines is 1. The van der Waals surface area contributed by atoms with Crippen molar-refractivity contribution in [2.45, 2.75) is 19.3 Å². The minimum atomic E-state index is -0.808. The van der Waals surface area contributed by atoms with Gasteiger partial charge in [-0.25, -0.2) is 0 Å². The van der Waals surface area contributed by atoms with E-state index in [9.17, 15) is 14.9 Å². The van der Waals surface area contributed by atoms with E-state index in [1.807, 2.05) is 11.0 Å². The minimum absolute atomic E-state index is 0.0780. The molecule has 1 fully saturated rings. The molecule has 1 aromatic rings. The average Bonchev–Trinajstić information content (AvgIpc) is 2.47. The number of benzene rings is 1. The second-order valence-corrected chi connectivity index (χ2v) is 5.10. The fourth-order valence-electron chi connectivity index (χ4n) is 2.63. The summed E-state index contributed by atoms with van der Waals surface area (Å²) in [6.45, 7) is 1.18. The highest BCUT2D eigenvalue weighted by atomic mass is 16.6. The second kappa shape index (κ2) is 6.22. The first kappa shape index (κ1) is 14.8.